The predicted octanol–water partition coefficient (Wildman–Crippen LogP) is 6.62. The van der Waals surface area contributed by atoms with Gasteiger partial charge in [-0.1, -0.05) is 48.0 Å². The van der Waals surface area contributed by atoms with E-state index in [0.29, 0.717) is 59.9 Å². The van der Waals surface area contributed by atoms with Crippen LogP contribution in [0.3, 0.4) is 0 Å². The summed E-state index contributed by atoms with van der Waals surface area (Å²) in [6.07, 6.45) is 11.7. The Morgan fingerprint density at radius 2 is 1.76 bits per heavy atom. The average molecular weight is 866 g/mol. The molecule has 3 aliphatic heterocycles. The molecule has 326 valence electrons. The lowest BCUT2D eigenvalue weighted by molar-refractivity contribution is -0.136. The van der Waals surface area contributed by atoms with Gasteiger partial charge in [-0.3, -0.25) is 29.3 Å². The summed E-state index contributed by atoms with van der Waals surface area (Å²) in [7, 11) is 1.96. The van der Waals surface area contributed by atoms with Gasteiger partial charge in [-0.15, -0.1) is 0 Å². The van der Waals surface area contributed by atoms with Crippen molar-refractivity contribution in [3.63, 3.8) is 0 Å². The number of halogens is 2. The molecule has 16 heteroatoms. The lowest BCUT2D eigenvalue weighted by Gasteiger charge is -2.37. The van der Waals surface area contributed by atoms with Gasteiger partial charge in [0.15, 0.2) is 0 Å². The van der Waals surface area contributed by atoms with Crippen molar-refractivity contribution in [1.82, 2.24) is 39.8 Å². The van der Waals surface area contributed by atoms with Gasteiger partial charge in [0.05, 0.1) is 23.1 Å². The fourth-order valence-electron chi connectivity index (χ4n) is 9.69. The fraction of sp³-hybridized carbons (Fsp3) is 0.500. The van der Waals surface area contributed by atoms with E-state index in [9.17, 15) is 19.2 Å². The van der Waals surface area contributed by atoms with Crippen LogP contribution in [0.4, 0.5) is 15.1 Å². The van der Waals surface area contributed by atoms with E-state index in [4.69, 9.17) is 21.3 Å². The molecule has 0 bridgehead atoms. The van der Waals surface area contributed by atoms with Crippen molar-refractivity contribution in [2.24, 2.45) is 13.0 Å². The molecule has 1 unspecified atom stereocenters. The maximum Gasteiger partial charge on any atom is 0.410 e. The molecule has 2 aliphatic carbocycles. The van der Waals surface area contributed by atoms with Crippen molar-refractivity contribution in [2.45, 2.75) is 108 Å². The summed E-state index contributed by atoms with van der Waals surface area (Å²) in [5.74, 6) is -0.426. The molecule has 5 aliphatic rings. The smallest absolute Gasteiger partial charge is 0.410 e. The normalized spacial score (nSPS) is 22.1. The number of benzene rings is 2. The number of carbonyl (C=O) groups excluding carboxylic acids is 4. The Kier molecular flexibility index (Phi) is 12.3. The zero-order chi connectivity index (χ0) is 42.9. The molecule has 4 amide bonds. The number of fused-ring (bicyclic) bond motifs is 1. The molecule has 0 spiro atoms. The molecule has 1 atom stereocenters. The van der Waals surface area contributed by atoms with Gasteiger partial charge in [0, 0.05) is 62.0 Å². The molecule has 2 aromatic carbocycles. The molecular formula is C46H53ClFN9O5. The minimum atomic E-state index is -0.742. The summed E-state index contributed by atoms with van der Waals surface area (Å²) in [5, 5.41) is 10.9. The molecule has 62 heavy (non-hydrogen) atoms. The van der Waals surface area contributed by atoms with Gasteiger partial charge in [-0.05, 0) is 112 Å². The third-order valence-corrected chi connectivity index (χ3v) is 13.7. The van der Waals surface area contributed by atoms with Crippen LogP contribution in [0.5, 0.6) is 0 Å². The van der Waals surface area contributed by atoms with Crippen molar-refractivity contribution in [2.75, 3.05) is 31.6 Å². The van der Waals surface area contributed by atoms with Crippen LogP contribution in [0, 0.1) is 11.7 Å². The number of imide groups is 1. The van der Waals surface area contributed by atoms with Crippen LogP contribution in [0.25, 0.3) is 11.3 Å². The third-order valence-electron chi connectivity index (χ3n) is 13.4. The molecule has 2 saturated heterocycles. The Hall–Kier alpha value is -5.41. The average Bonchev–Trinajstić information content (AvgIpc) is 3.96. The van der Waals surface area contributed by atoms with Crippen LogP contribution in [-0.2, 0) is 40.9 Å². The number of amides is 4. The molecular weight excluding hydrogens is 813 g/mol. The molecule has 14 nitrogen and oxygen atoms in total. The quantitative estimate of drug-likeness (QED) is 0.140. The third kappa shape index (κ3) is 9.19. The van der Waals surface area contributed by atoms with E-state index in [0.717, 1.165) is 61.8 Å². The number of hydrogen-bond acceptors (Lipinski definition) is 10. The van der Waals surface area contributed by atoms with E-state index in [1.807, 2.05) is 53.2 Å². The van der Waals surface area contributed by atoms with E-state index < -0.39 is 17.8 Å². The van der Waals surface area contributed by atoms with Crippen LogP contribution >= 0.6 is 11.6 Å². The van der Waals surface area contributed by atoms with E-state index >= 15 is 4.39 Å². The molecule has 2 saturated carbocycles. The van der Waals surface area contributed by atoms with Gasteiger partial charge in [0.25, 0.3) is 5.91 Å². The Labute approximate surface area is 365 Å². The molecule has 9 rings (SSSR count). The van der Waals surface area contributed by atoms with Gasteiger partial charge in [0.2, 0.25) is 17.8 Å². The van der Waals surface area contributed by atoms with E-state index in [1.165, 1.54) is 23.8 Å². The van der Waals surface area contributed by atoms with E-state index in [2.05, 4.69) is 25.6 Å². The monoisotopic (exact) mass is 865 g/mol. The second-order valence-electron chi connectivity index (χ2n) is 17.6. The van der Waals surface area contributed by atoms with Crippen LogP contribution in [0.2, 0.25) is 5.02 Å². The first-order valence-electron chi connectivity index (χ1n) is 22.0. The highest BCUT2D eigenvalue weighted by molar-refractivity contribution is 6.33. The highest BCUT2D eigenvalue weighted by Gasteiger charge is 2.40. The Morgan fingerprint density at radius 3 is 2.50 bits per heavy atom. The van der Waals surface area contributed by atoms with E-state index in [1.54, 1.807) is 12.3 Å². The van der Waals surface area contributed by atoms with Crippen molar-refractivity contribution in [3.05, 3.63) is 93.6 Å². The number of aryl methyl sites for hydroxylation is 1. The number of piperidine rings is 2. The first-order chi connectivity index (χ1) is 30.1. The Balaban J connectivity index is 0.771. The van der Waals surface area contributed by atoms with Gasteiger partial charge in [-0.25, -0.2) is 19.2 Å². The van der Waals surface area contributed by atoms with Gasteiger partial charge in [0.1, 0.15) is 18.5 Å². The van der Waals surface area contributed by atoms with Gasteiger partial charge in [-0.2, -0.15) is 5.10 Å². The summed E-state index contributed by atoms with van der Waals surface area (Å²) >= 11 is 6.64. The summed E-state index contributed by atoms with van der Waals surface area (Å²) in [6, 6.07) is 12.5. The lowest BCUT2D eigenvalue weighted by atomic mass is 9.87. The second-order valence-corrected chi connectivity index (χ2v) is 18.0. The minimum Gasteiger partial charge on any atom is -0.448 e. The zero-order valence-electron chi connectivity index (χ0n) is 35.0. The predicted molar refractivity (Wildman–Crippen MR) is 230 cm³/mol. The maximum atomic E-state index is 15.5. The number of rotatable bonds is 13. The first-order valence-corrected chi connectivity index (χ1v) is 22.4. The van der Waals surface area contributed by atoms with Crippen molar-refractivity contribution >= 4 is 41.4 Å². The standard InChI is InChI=1S/C46H53ClFN9O5/c1-54-40(21-28-7-8-28)36(24-50-54)42-37(47)25-49-45(53-42)51-32-9-11-33(12-10-32)56(26-29-5-3-2-4-6-29)46(61)62-20-19-55-17-15-30(16-18-55)34-22-31-27-57(44(60)35(31)23-38(34)48)39-13-14-41(58)52-43(39)59/h2-6,22-25,28,30,32-33,39H,7-21,26-27H2,1H3,(H,49,51,53)(H,52,58,59). The number of anilines is 1. The Bertz CT molecular complexity index is 2320. The SMILES string of the molecule is Cn1ncc(-c2nc(NC3CCC(N(Cc4ccccc4)C(=O)OCCN4CCC(c5cc6c(cc5F)C(=O)N(C5CCC(=O)NC5=O)C6)CC4)CC3)ncc2Cl)c1CC1CC1. The van der Waals surface area contributed by atoms with Crippen LogP contribution in [0.1, 0.15) is 103 Å². The summed E-state index contributed by atoms with van der Waals surface area (Å²) < 4.78 is 23.4. The first kappa shape index (κ1) is 41.9. The number of likely N-dealkylation sites (tertiary alicyclic amines) is 1. The van der Waals surface area contributed by atoms with Crippen LogP contribution in [0.15, 0.2) is 54.9 Å². The fourth-order valence-corrected chi connectivity index (χ4v) is 9.89. The van der Waals surface area contributed by atoms with Gasteiger partial charge >= 0.3 is 6.09 Å². The van der Waals surface area contributed by atoms with E-state index in [-0.39, 0.29) is 67.5 Å². The molecule has 2 aromatic heterocycles. The van der Waals surface area contributed by atoms with Crippen LogP contribution < -0.4 is 10.6 Å². The number of ether oxygens (including phenoxy) is 1. The topological polar surface area (TPSA) is 155 Å². The van der Waals surface area contributed by atoms with Crippen molar-refractivity contribution in [1.29, 1.82) is 0 Å². The second kappa shape index (κ2) is 18.1. The summed E-state index contributed by atoms with van der Waals surface area (Å²) in [4.78, 5) is 66.1. The molecule has 4 aromatic rings. The minimum absolute atomic E-state index is 0.00665. The van der Waals surface area contributed by atoms with Crippen molar-refractivity contribution < 1.29 is 28.3 Å². The van der Waals surface area contributed by atoms with Gasteiger partial charge < -0.3 is 19.9 Å². The zero-order valence-corrected chi connectivity index (χ0v) is 35.8. The number of nitrogens with zero attached hydrogens (tertiary/aromatic N) is 7. The number of carbonyl (C=O) groups is 4. The number of aromatic nitrogens is 4. The summed E-state index contributed by atoms with van der Waals surface area (Å²) in [5.41, 5.74) is 5.39. The Morgan fingerprint density at radius 1 is 0.984 bits per heavy atom. The summed E-state index contributed by atoms with van der Waals surface area (Å²) in [6.45, 7) is 2.91. The highest BCUT2D eigenvalue weighted by atomic mass is 35.5. The molecule has 5 heterocycles. The molecule has 0 radical (unpaired) electrons. The highest BCUT2D eigenvalue weighted by Crippen LogP contribution is 2.38. The molecule has 4 fully saturated rings. The lowest BCUT2D eigenvalue weighted by Crippen LogP contribution is -2.52. The number of nitrogens with one attached hydrogen (secondary N) is 2. The largest absolute Gasteiger partial charge is 0.448 e. The van der Waals surface area contributed by atoms with Crippen molar-refractivity contribution in [3.8, 4) is 11.3 Å². The van der Waals surface area contributed by atoms with Crippen LogP contribution in [-0.4, -0.2) is 103 Å². The maximum absolute atomic E-state index is 15.5. The number of hydrogen-bond donors (Lipinski definition) is 2. The molecule has 2 N–H and O–H groups in total.